The van der Waals surface area contributed by atoms with Crippen LogP contribution in [0.5, 0.6) is 5.75 Å². The molecule has 0 amide bonds. The van der Waals surface area contributed by atoms with E-state index in [4.69, 9.17) is 16.7 Å². The van der Waals surface area contributed by atoms with E-state index >= 15 is 0 Å². The first-order valence-electron chi connectivity index (χ1n) is 4.68. The third kappa shape index (κ3) is 1.64. The van der Waals surface area contributed by atoms with Crippen molar-refractivity contribution in [1.29, 1.82) is 0 Å². The molecule has 2 aromatic rings. The first-order chi connectivity index (χ1) is 7.93. The lowest BCUT2D eigenvalue weighted by atomic mass is 10.1. The van der Waals surface area contributed by atoms with E-state index < -0.39 is 22.8 Å². The maximum atomic E-state index is 11.7. The van der Waals surface area contributed by atoms with E-state index in [1.165, 1.54) is 13.1 Å². The molecule has 0 aliphatic rings. The van der Waals surface area contributed by atoms with Crippen LogP contribution in [-0.2, 0) is 7.05 Å². The quantitative estimate of drug-likeness (QED) is 0.809. The topological polar surface area (TPSA) is 79.5 Å². The van der Waals surface area contributed by atoms with Crippen molar-refractivity contribution in [2.24, 2.45) is 7.05 Å². The number of carboxylic acid groups (broad SMARTS) is 1. The summed E-state index contributed by atoms with van der Waals surface area (Å²) >= 11 is 5.77. The summed E-state index contributed by atoms with van der Waals surface area (Å²) in [4.78, 5) is 22.6. The summed E-state index contributed by atoms with van der Waals surface area (Å²) in [5.74, 6) is -2.02. The van der Waals surface area contributed by atoms with E-state index in [0.717, 1.165) is 4.57 Å². The van der Waals surface area contributed by atoms with Gasteiger partial charge in [0.15, 0.2) is 5.56 Å². The molecule has 0 unspecified atom stereocenters. The highest BCUT2D eigenvalue weighted by atomic mass is 35.5. The van der Waals surface area contributed by atoms with Crippen LogP contribution >= 0.6 is 11.6 Å². The molecule has 88 valence electrons. The van der Waals surface area contributed by atoms with Gasteiger partial charge in [-0.3, -0.25) is 4.79 Å². The number of aromatic nitrogens is 1. The van der Waals surface area contributed by atoms with Crippen LogP contribution in [0.1, 0.15) is 10.4 Å². The second-order valence-corrected chi connectivity index (χ2v) is 3.99. The molecule has 0 radical (unpaired) electrons. The number of aromatic carboxylic acids is 1. The minimum atomic E-state index is -1.47. The second-order valence-electron chi connectivity index (χ2n) is 3.55. The van der Waals surface area contributed by atoms with E-state index in [-0.39, 0.29) is 5.39 Å². The molecular formula is C11H8ClNO4. The van der Waals surface area contributed by atoms with Crippen molar-refractivity contribution in [2.45, 2.75) is 0 Å². The number of carboxylic acids is 1. The minimum Gasteiger partial charge on any atom is -0.506 e. The molecule has 0 atom stereocenters. The molecule has 17 heavy (non-hydrogen) atoms. The average Bonchev–Trinajstić information content (AvgIpc) is 2.26. The Morgan fingerprint density at radius 3 is 2.65 bits per heavy atom. The highest BCUT2D eigenvalue weighted by molar-refractivity contribution is 6.31. The highest BCUT2D eigenvalue weighted by Crippen LogP contribution is 2.28. The van der Waals surface area contributed by atoms with Crippen molar-refractivity contribution >= 4 is 28.5 Å². The summed E-state index contributed by atoms with van der Waals surface area (Å²) in [6.07, 6.45) is 0. The molecule has 1 heterocycles. The average molecular weight is 254 g/mol. The highest BCUT2D eigenvalue weighted by Gasteiger charge is 2.20. The van der Waals surface area contributed by atoms with Crippen LogP contribution in [0.2, 0.25) is 5.02 Å². The molecule has 0 saturated heterocycles. The van der Waals surface area contributed by atoms with Crippen molar-refractivity contribution < 1.29 is 15.0 Å². The fraction of sp³-hybridized carbons (Fsp3) is 0.0909. The van der Waals surface area contributed by atoms with E-state index in [9.17, 15) is 14.7 Å². The predicted molar refractivity (Wildman–Crippen MR) is 62.8 cm³/mol. The van der Waals surface area contributed by atoms with Crippen LogP contribution in [-0.4, -0.2) is 20.7 Å². The summed E-state index contributed by atoms with van der Waals surface area (Å²) in [5.41, 5.74) is -0.992. The normalized spacial score (nSPS) is 10.7. The minimum absolute atomic E-state index is 0.233. The van der Waals surface area contributed by atoms with Gasteiger partial charge in [0.2, 0.25) is 0 Å². The van der Waals surface area contributed by atoms with Gasteiger partial charge in [-0.2, -0.15) is 0 Å². The monoisotopic (exact) mass is 253 g/mol. The number of halogens is 1. The van der Waals surface area contributed by atoms with Crippen LogP contribution in [0.25, 0.3) is 10.9 Å². The molecule has 0 fully saturated rings. The van der Waals surface area contributed by atoms with Crippen LogP contribution in [0.4, 0.5) is 0 Å². The fourth-order valence-electron chi connectivity index (χ4n) is 1.70. The first-order valence-corrected chi connectivity index (χ1v) is 5.05. The first kappa shape index (κ1) is 11.5. The predicted octanol–water partition coefficient (Wildman–Crippen LogP) is 1.60. The Morgan fingerprint density at radius 1 is 1.41 bits per heavy atom. The third-order valence-electron chi connectivity index (χ3n) is 2.54. The van der Waals surface area contributed by atoms with Gasteiger partial charge < -0.3 is 14.8 Å². The molecule has 2 rings (SSSR count). The standard InChI is InChI=1S/C11H8ClNO4/c1-13-7-3-2-5(12)4-6(7)9(14)8(10(13)15)11(16)17/h2-4,14H,1H3,(H,16,17). The van der Waals surface area contributed by atoms with Gasteiger partial charge in [0.05, 0.1) is 5.52 Å². The Bertz CT molecular complexity index is 690. The van der Waals surface area contributed by atoms with Gasteiger partial charge in [-0.15, -0.1) is 0 Å². The van der Waals surface area contributed by atoms with E-state index in [2.05, 4.69) is 0 Å². The summed E-state index contributed by atoms with van der Waals surface area (Å²) < 4.78 is 1.16. The van der Waals surface area contributed by atoms with Crippen molar-refractivity contribution in [3.63, 3.8) is 0 Å². The van der Waals surface area contributed by atoms with Crippen LogP contribution in [0.3, 0.4) is 0 Å². The second kappa shape index (κ2) is 3.78. The van der Waals surface area contributed by atoms with Crippen molar-refractivity contribution in [3.8, 4) is 5.75 Å². The zero-order chi connectivity index (χ0) is 12.7. The maximum Gasteiger partial charge on any atom is 0.345 e. The Labute approximate surface area is 100 Å². The van der Waals surface area contributed by atoms with E-state index in [0.29, 0.717) is 10.5 Å². The number of aromatic hydroxyl groups is 1. The maximum absolute atomic E-state index is 11.7. The molecule has 0 aliphatic carbocycles. The Hall–Kier alpha value is -2.01. The van der Waals surface area contributed by atoms with Crippen molar-refractivity contribution in [2.75, 3.05) is 0 Å². The summed E-state index contributed by atoms with van der Waals surface area (Å²) in [5, 5.41) is 19.3. The van der Waals surface area contributed by atoms with Gasteiger partial charge in [-0.1, -0.05) is 11.6 Å². The van der Waals surface area contributed by atoms with Crippen LogP contribution in [0, 0.1) is 0 Å². The van der Waals surface area contributed by atoms with E-state index in [1.807, 2.05) is 0 Å². The summed E-state index contributed by atoms with van der Waals surface area (Å²) in [6.45, 7) is 0. The molecule has 6 heteroatoms. The lowest BCUT2D eigenvalue weighted by Gasteiger charge is -2.09. The van der Waals surface area contributed by atoms with Crippen LogP contribution in [0.15, 0.2) is 23.0 Å². The number of hydrogen-bond donors (Lipinski definition) is 2. The number of benzene rings is 1. The SMILES string of the molecule is Cn1c(=O)c(C(=O)O)c(O)c2cc(Cl)ccc21. The number of nitrogens with zero attached hydrogens (tertiary/aromatic N) is 1. The zero-order valence-electron chi connectivity index (χ0n) is 8.77. The lowest BCUT2D eigenvalue weighted by molar-refractivity contribution is 0.0691. The largest absolute Gasteiger partial charge is 0.506 e. The molecule has 1 aromatic carbocycles. The summed E-state index contributed by atoms with van der Waals surface area (Å²) in [6, 6.07) is 4.52. The molecular weight excluding hydrogens is 246 g/mol. The Kier molecular flexibility index (Phi) is 2.55. The van der Waals surface area contributed by atoms with Gasteiger partial charge in [0.25, 0.3) is 5.56 Å². The molecule has 0 aliphatic heterocycles. The van der Waals surface area contributed by atoms with Crippen LogP contribution < -0.4 is 5.56 Å². The number of aryl methyl sites for hydroxylation is 1. The van der Waals surface area contributed by atoms with Gasteiger partial charge in [-0.25, -0.2) is 4.79 Å². The number of carbonyl (C=O) groups is 1. The number of hydrogen-bond acceptors (Lipinski definition) is 3. The molecule has 0 saturated carbocycles. The molecule has 5 nitrogen and oxygen atoms in total. The zero-order valence-corrected chi connectivity index (χ0v) is 9.52. The fourth-order valence-corrected chi connectivity index (χ4v) is 1.87. The van der Waals surface area contributed by atoms with Gasteiger partial charge in [0, 0.05) is 17.5 Å². The van der Waals surface area contributed by atoms with E-state index in [1.54, 1.807) is 12.1 Å². The molecule has 0 bridgehead atoms. The van der Waals surface area contributed by atoms with Gasteiger partial charge >= 0.3 is 5.97 Å². The van der Waals surface area contributed by atoms with Gasteiger partial charge in [-0.05, 0) is 18.2 Å². The molecule has 0 spiro atoms. The smallest absolute Gasteiger partial charge is 0.345 e. The number of rotatable bonds is 1. The lowest BCUT2D eigenvalue weighted by Crippen LogP contribution is -2.24. The Morgan fingerprint density at radius 2 is 2.06 bits per heavy atom. The Balaban J connectivity index is 3.06. The molecule has 2 N–H and O–H groups in total. The summed E-state index contributed by atoms with van der Waals surface area (Å²) in [7, 11) is 1.43. The molecule has 1 aromatic heterocycles. The van der Waals surface area contributed by atoms with Gasteiger partial charge in [0.1, 0.15) is 5.75 Å². The third-order valence-corrected chi connectivity index (χ3v) is 2.78. The number of pyridine rings is 1. The number of fused-ring (bicyclic) bond motifs is 1. The van der Waals surface area contributed by atoms with Crippen molar-refractivity contribution in [3.05, 3.63) is 39.1 Å². The van der Waals surface area contributed by atoms with Crippen molar-refractivity contribution in [1.82, 2.24) is 4.57 Å².